The summed E-state index contributed by atoms with van der Waals surface area (Å²) in [5, 5.41) is 3.04. The number of nitrogens with one attached hydrogen (secondary N) is 1. The van der Waals surface area contributed by atoms with Crippen LogP contribution in [0.2, 0.25) is 0 Å². The smallest absolute Gasteiger partial charge is 0.312 e. The third kappa shape index (κ3) is 3.29. The summed E-state index contributed by atoms with van der Waals surface area (Å²) >= 11 is 0. The van der Waals surface area contributed by atoms with Gasteiger partial charge in [0.15, 0.2) is 0 Å². The molecular formula is C20H25N3O. The van der Waals surface area contributed by atoms with E-state index in [2.05, 4.69) is 42.3 Å². The number of urea groups is 1. The second kappa shape index (κ2) is 7.49. The Bertz CT molecular complexity index is 682. The Labute approximate surface area is 144 Å². The zero-order chi connectivity index (χ0) is 16.9. The van der Waals surface area contributed by atoms with Crippen molar-refractivity contribution in [1.29, 1.82) is 0 Å². The number of amides is 2. The quantitative estimate of drug-likeness (QED) is 0.873. The molecule has 1 atom stereocenters. The first kappa shape index (κ1) is 16.5. The average Bonchev–Trinajstić information content (AvgIpc) is 2.63. The van der Waals surface area contributed by atoms with Gasteiger partial charge in [-0.3, -0.25) is 0 Å². The minimum Gasteiger partial charge on any atom is -0.312 e. The standard InChI is InChI=1S/C20H25N3O/c1-3-22(4-2)14-15-23-19(16-10-6-5-7-11-16)17-12-8-9-13-18(17)21-20(23)24/h5-13,19H,3-4,14-15H2,1-2H3,(H,21,24). The molecule has 3 rings (SSSR count). The van der Waals surface area contributed by atoms with E-state index in [1.165, 1.54) is 0 Å². The van der Waals surface area contributed by atoms with Crippen molar-refractivity contribution in [3.8, 4) is 0 Å². The molecule has 0 saturated carbocycles. The van der Waals surface area contributed by atoms with Crippen LogP contribution in [-0.4, -0.2) is 42.0 Å². The van der Waals surface area contributed by atoms with E-state index in [1.807, 2.05) is 41.3 Å². The summed E-state index contributed by atoms with van der Waals surface area (Å²) in [6.07, 6.45) is 0. The monoisotopic (exact) mass is 323 g/mol. The van der Waals surface area contributed by atoms with Gasteiger partial charge in [-0.25, -0.2) is 4.79 Å². The van der Waals surface area contributed by atoms with Gasteiger partial charge in [0.05, 0.1) is 6.04 Å². The van der Waals surface area contributed by atoms with Crippen LogP contribution in [0.15, 0.2) is 54.6 Å². The lowest BCUT2D eigenvalue weighted by atomic mass is 9.94. The lowest BCUT2D eigenvalue weighted by Gasteiger charge is -2.38. The number of hydrogen-bond donors (Lipinski definition) is 1. The normalized spacial score (nSPS) is 16.9. The van der Waals surface area contributed by atoms with E-state index in [9.17, 15) is 4.79 Å². The molecule has 4 heteroatoms. The molecular weight excluding hydrogens is 298 g/mol. The van der Waals surface area contributed by atoms with Crippen molar-refractivity contribution in [2.45, 2.75) is 19.9 Å². The van der Waals surface area contributed by atoms with Gasteiger partial charge in [0.1, 0.15) is 0 Å². The average molecular weight is 323 g/mol. The Kier molecular flexibility index (Phi) is 5.16. The SMILES string of the molecule is CCN(CC)CCN1C(=O)Nc2ccccc2C1c1ccccc1. The highest BCUT2D eigenvalue weighted by Gasteiger charge is 2.33. The molecule has 1 N–H and O–H groups in total. The van der Waals surface area contributed by atoms with Crippen LogP contribution in [0.4, 0.5) is 10.5 Å². The summed E-state index contributed by atoms with van der Waals surface area (Å²) in [5.41, 5.74) is 3.22. The van der Waals surface area contributed by atoms with Crippen molar-refractivity contribution >= 4 is 11.7 Å². The van der Waals surface area contributed by atoms with Crippen LogP contribution < -0.4 is 5.32 Å². The highest BCUT2D eigenvalue weighted by Crippen LogP contribution is 2.37. The summed E-state index contributed by atoms with van der Waals surface area (Å²) in [6.45, 7) is 7.90. The molecule has 0 fully saturated rings. The summed E-state index contributed by atoms with van der Waals surface area (Å²) in [4.78, 5) is 17.0. The fourth-order valence-electron chi connectivity index (χ4n) is 3.34. The maximum Gasteiger partial charge on any atom is 0.322 e. The molecule has 2 aromatic carbocycles. The van der Waals surface area contributed by atoms with Gasteiger partial charge in [0.2, 0.25) is 0 Å². The van der Waals surface area contributed by atoms with E-state index < -0.39 is 0 Å². The maximum atomic E-state index is 12.7. The van der Waals surface area contributed by atoms with Crippen molar-refractivity contribution in [2.75, 3.05) is 31.5 Å². The third-order valence-corrected chi connectivity index (χ3v) is 4.74. The van der Waals surface area contributed by atoms with Crippen molar-refractivity contribution in [1.82, 2.24) is 9.80 Å². The van der Waals surface area contributed by atoms with Crippen LogP contribution >= 0.6 is 0 Å². The third-order valence-electron chi connectivity index (χ3n) is 4.74. The second-order valence-electron chi connectivity index (χ2n) is 6.05. The van der Waals surface area contributed by atoms with E-state index >= 15 is 0 Å². The number of anilines is 1. The van der Waals surface area contributed by atoms with Crippen LogP contribution in [0.3, 0.4) is 0 Å². The van der Waals surface area contributed by atoms with E-state index in [0.29, 0.717) is 6.54 Å². The molecule has 2 amide bonds. The van der Waals surface area contributed by atoms with Crippen molar-refractivity contribution in [2.24, 2.45) is 0 Å². The lowest BCUT2D eigenvalue weighted by molar-refractivity contribution is 0.179. The Morgan fingerprint density at radius 1 is 1.00 bits per heavy atom. The predicted octanol–water partition coefficient (Wildman–Crippen LogP) is 3.97. The minimum absolute atomic E-state index is 0.0188. The number of carbonyl (C=O) groups excluding carboxylic acids is 1. The molecule has 0 aromatic heterocycles. The molecule has 0 saturated heterocycles. The van der Waals surface area contributed by atoms with Crippen LogP contribution in [0, 0.1) is 0 Å². The number of rotatable bonds is 6. The maximum absolute atomic E-state index is 12.7. The number of carbonyl (C=O) groups is 1. The van der Waals surface area contributed by atoms with Gasteiger partial charge in [-0.05, 0) is 24.7 Å². The first-order valence-electron chi connectivity index (χ1n) is 8.68. The summed E-state index contributed by atoms with van der Waals surface area (Å²) in [5.74, 6) is 0. The topological polar surface area (TPSA) is 35.6 Å². The highest BCUT2D eigenvalue weighted by atomic mass is 16.2. The van der Waals surface area contributed by atoms with Crippen molar-refractivity contribution in [3.63, 3.8) is 0 Å². The van der Waals surface area contributed by atoms with Gasteiger partial charge in [0.25, 0.3) is 0 Å². The van der Waals surface area contributed by atoms with Crippen molar-refractivity contribution < 1.29 is 4.79 Å². The lowest BCUT2D eigenvalue weighted by Crippen LogP contribution is -2.46. The molecule has 0 spiro atoms. The van der Waals surface area contributed by atoms with E-state index in [0.717, 1.165) is 36.4 Å². The molecule has 24 heavy (non-hydrogen) atoms. The summed E-state index contributed by atoms with van der Waals surface area (Å²) in [6, 6.07) is 18.3. The van der Waals surface area contributed by atoms with Gasteiger partial charge in [-0.1, -0.05) is 62.4 Å². The zero-order valence-corrected chi connectivity index (χ0v) is 14.4. The molecule has 0 radical (unpaired) electrons. The Morgan fingerprint density at radius 3 is 2.38 bits per heavy atom. The summed E-state index contributed by atoms with van der Waals surface area (Å²) < 4.78 is 0. The Balaban J connectivity index is 1.95. The fourth-order valence-corrected chi connectivity index (χ4v) is 3.34. The van der Waals surface area contributed by atoms with Crippen LogP contribution in [-0.2, 0) is 0 Å². The number of nitrogens with zero attached hydrogens (tertiary/aromatic N) is 2. The molecule has 2 aromatic rings. The number of fused-ring (bicyclic) bond motifs is 1. The molecule has 0 bridgehead atoms. The fraction of sp³-hybridized carbons (Fsp3) is 0.350. The molecule has 1 unspecified atom stereocenters. The van der Waals surface area contributed by atoms with E-state index in [1.54, 1.807) is 0 Å². The van der Waals surface area contributed by atoms with Gasteiger partial charge in [-0.2, -0.15) is 0 Å². The van der Waals surface area contributed by atoms with Crippen LogP contribution in [0.1, 0.15) is 31.0 Å². The highest BCUT2D eigenvalue weighted by molar-refractivity contribution is 5.93. The van der Waals surface area contributed by atoms with Crippen LogP contribution in [0.25, 0.3) is 0 Å². The van der Waals surface area contributed by atoms with Gasteiger partial charge < -0.3 is 15.1 Å². The Morgan fingerprint density at radius 2 is 1.67 bits per heavy atom. The van der Waals surface area contributed by atoms with Gasteiger partial charge >= 0.3 is 6.03 Å². The Hall–Kier alpha value is -2.33. The molecule has 0 aliphatic carbocycles. The number of para-hydroxylation sites is 1. The van der Waals surface area contributed by atoms with Crippen molar-refractivity contribution in [3.05, 3.63) is 65.7 Å². The first-order chi connectivity index (χ1) is 11.7. The predicted molar refractivity (Wildman–Crippen MR) is 98.2 cm³/mol. The number of benzene rings is 2. The molecule has 1 aliphatic heterocycles. The zero-order valence-electron chi connectivity index (χ0n) is 14.4. The first-order valence-corrected chi connectivity index (χ1v) is 8.68. The molecule has 126 valence electrons. The molecule has 1 aliphatic rings. The van der Waals surface area contributed by atoms with E-state index in [4.69, 9.17) is 0 Å². The van der Waals surface area contributed by atoms with E-state index in [-0.39, 0.29) is 12.1 Å². The largest absolute Gasteiger partial charge is 0.322 e. The van der Waals surface area contributed by atoms with Crippen LogP contribution in [0.5, 0.6) is 0 Å². The number of hydrogen-bond acceptors (Lipinski definition) is 2. The molecule has 4 nitrogen and oxygen atoms in total. The van der Waals surface area contributed by atoms with Gasteiger partial charge in [-0.15, -0.1) is 0 Å². The second-order valence-corrected chi connectivity index (χ2v) is 6.05. The van der Waals surface area contributed by atoms with Gasteiger partial charge in [0, 0.05) is 24.3 Å². The number of likely N-dealkylation sites (N-methyl/N-ethyl adjacent to an activating group) is 1. The minimum atomic E-state index is -0.0355. The molecule has 1 heterocycles. The summed E-state index contributed by atoms with van der Waals surface area (Å²) in [7, 11) is 0.